The van der Waals surface area contributed by atoms with Gasteiger partial charge < -0.3 is 9.80 Å². The number of anilines is 1. The van der Waals surface area contributed by atoms with Gasteiger partial charge in [-0.15, -0.1) is 0 Å². The molecule has 2 heterocycles. The number of nitrogens with zero attached hydrogens (tertiary/aromatic N) is 5. The minimum atomic E-state index is -0.395. The lowest BCUT2D eigenvalue weighted by atomic mass is 10.0. The van der Waals surface area contributed by atoms with Crippen molar-refractivity contribution in [3.05, 3.63) is 46.1 Å². The lowest BCUT2D eigenvalue weighted by Crippen LogP contribution is -2.45. The Labute approximate surface area is 153 Å². The summed E-state index contributed by atoms with van der Waals surface area (Å²) in [5.74, 6) is 1.57. The van der Waals surface area contributed by atoms with Gasteiger partial charge in [0.25, 0.3) is 5.69 Å². The van der Waals surface area contributed by atoms with E-state index in [-0.39, 0.29) is 5.69 Å². The molecule has 0 bridgehead atoms. The van der Waals surface area contributed by atoms with Crippen LogP contribution in [0.5, 0.6) is 0 Å². The van der Waals surface area contributed by atoms with Crippen molar-refractivity contribution in [2.45, 2.75) is 32.2 Å². The summed E-state index contributed by atoms with van der Waals surface area (Å²) in [6.45, 7) is 4.02. The first-order chi connectivity index (χ1) is 12.5. The van der Waals surface area contributed by atoms with Gasteiger partial charge in [0.2, 0.25) is 0 Å². The van der Waals surface area contributed by atoms with Gasteiger partial charge in [0.1, 0.15) is 5.82 Å². The molecule has 0 N–H and O–H groups in total. The third kappa shape index (κ3) is 3.99. The predicted molar refractivity (Wildman–Crippen MR) is 102 cm³/mol. The quantitative estimate of drug-likeness (QED) is 0.606. The van der Waals surface area contributed by atoms with Crippen LogP contribution in [0.4, 0.5) is 11.5 Å². The summed E-state index contributed by atoms with van der Waals surface area (Å²) >= 11 is 0. The smallest absolute Gasteiger partial charge is 0.269 e. The summed E-state index contributed by atoms with van der Waals surface area (Å²) < 4.78 is 0. The van der Waals surface area contributed by atoms with E-state index < -0.39 is 4.92 Å². The van der Waals surface area contributed by atoms with Gasteiger partial charge in [-0.3, -0.25) is 10.1 Å². The van der Waals surface area contributed by atoms with Crippen LogP contribution in [-0.4, -0.2) is 53.0 Å². The van der Waals surface area contributed by atoms with E-state index in [0.29, 0.717) is 11.9 Å². The second-order valence-corrected chi connectivity index (χ2v) is 6.90. The molecule has 0 spiro atoms. The average Bonchev–Trinajstić information content (AvgIpc) is 2.67. The molecule has 7 nitrogen and oxygen atoms in total. The molecule has 26 heavy (non-hydrogen) atoms. The summed E-state index contributed by atoms with van der Waals surface area (Å²) in [4.78, 5) is 24.5. The molecule has 1 atom stereocenters. The standard InChI is InChI=1S/C19H25N5O2/c1-4-15-12-18(23-11-5-6-17(13-23)22(2)3)21-19(20-15)14-7-9-16(10-8-14)24(25)26/h7-10,12,17H,4-6,11,13H2,1-3H3. The highest BCUT2D eigenvalue weighted by molar-refractivity contribution is 5.60. The Morgan fingerprint density at radius 1 is 1.27 bits per heavy atom. The maximum absolute atomic E-state index is 10.9. The van der Waals surface area contributed by atoms with Crippen molar-refractivity contribution in [1.29, 1.82) is 0 Å². The third-order valence-corrected chi connectivity index (χ3v) is 4.92. The summed E-state index contributed by atoms with van der Waals surface area (Å²) in [5, 5.41) is 10.9. The molecule has 0 aliphatic carbocycles. The number of nitro benzene ring substituents is 1. The van der Waals surface area contributed by atoms with Gasteiger partial charge in [-0.05, 0) is 45.5 Å². The minimum absolute atomic E-state index is 0.0745. The molecule has 7 heteroatoms. The first-order valence-electron chi connectivity index (χ1n) is 9.02. The molecule has 1 aromatic carbocycles. The maximum atomic E-state index is 10.9. The lowest BCUT2D eigenvalue weighted by molar-refractivity contribution is -0.384. The molecule has 0 amide bonds. The van der Waals surface area contributed by atoms with Crippen molar-refractivity contribution >= 4 is 11.5 Å². The number of aromatic nitrogens is 2. The number of hydrogen-bond acceptors (Lipinski definition) is 6. The van der Waals surface area contributed by atoms with Crippen LogP contribution >= 0.6 is 0 Å². The molecule has 3 rings (SSSR count). The van der Waals surface area contributed by atoms with Crippen molar-refractivity contribution < 1.29 is 4.92 Å². The largest absolute Gasteiger partial charge is 0.355 e. The fourth-order valence-corrected chi connectivity index (χ4v) is 3.27. The van der Waals surface area contributed by atoms with Crippen molar-refractivity contribution in [1.82, 2.24) is 14.9 Å². The summed E-state index contributed by atoms with van der Waals surface area (Å²) in [5.41, 5.74) is 1.86. The van der Waals surface area contributed by atoms with Gasteiger partial charge in [0.05, 0.1) is 4.92 Å². The monoisotopic (exact) mass is 355 g/mol. The highest BCUT2D eigenvalue weighted by atomic mass is 16.6. The zero-order valence-corrected chi connectivity index (χ0v) is 15.6. The lowest BCUT2D eigenvalue weighted by Gasteiger charge is -2.37. The number of piperidine rings is 1. The van der Waals surface area contributed by atoms with Crippen LogP contribution < -0.4 is 4.90 Å². The van der Waals surface area contributed by atoms with E-state index in [1.165, 1.54) is 18.6 Å². The third-order valence-electron chi connectivity index (χ3n) is 4.92. The zero-order valence-electron chi connectivity index (χ0n) is 15.6. The van der Waals surface area contributed by atoms with Crippen LogP contribution in [0.2, 0.25) is 0 Å². The molecule has 1 aliphatic heterocycles. The number of nitro groups is 1. The Hall–Kier alpha value is -2.54. The summed E-state index contributed by atoms with van der Waals surface area (Å²) in [6, 6.07) is 9.02. The maximum Gasteiger partial charge on any atom is 0.269 e. The van der Waals surface area contributed by atoms with Crippen LogP contribution in [0.1, 0.15) is 25.5 Å². The van der Waals surface area contributed by atoms with Gasteiger partial charge >= 0.3 is 0 Å². The van der Waals surface area contributed by atoms with E-state index in [9.17, 15) is 10.1 Å². The van der Waals surface area contributed by atoms with Crippen LogP contribution in [0.25, 0.3) is 11.4 Å². The van der Waals surface area contributed by atoms with Gasteiger partial charge in [-0.1, -0.05) is 6.92 Å². The molecular formula is C19H25N5O2. The molecule has 1 saturated heterocycles. The second kappa shape index (κ2) is 7.78. The molecule has 2 aromatic rings. The Morgan fingerprint density at radius 3 is 2.62 bits per heavy atom. The van der Waals surface area contributed by atoms with Gasteiger partial charge in [-0.2, -0.15) is 0 Å². The minimum Gasteiger partial charge on any atom is -0.355 e. The highest BCUT2D eigenvalue weighted by Gasteiger charge is 2.23. The van der Waals surface area contributed by atoms with Crippen LogP contribution in [0.15, 0.2) is 30.3 Å². The second-order valence-electron chi connectivity index (χ2n) is 6.90. The molecule has 1 fully saturated rings. The number of likely N-dealkylation sites (N-methyl/N-ethyl adjacent to an activating group) is 1. The van der Waals surface area contributed by atoms with Crippen molar-refractivity contribution in [2.24, 2.45) is 0 Å². The Morgan fingerprint density at radius 2 is 2.00 bits per heavy atom. The van der Waals surface area contributed by atoms with Gasteiger partial charge in [0.15, 0.2) is 5.82 Å². The van der Waals surface area contributed by atoms with E-state index in [4.69, 9.17) is 4.98 Å². The SMILES string of the molecule is CCc1cc(N2CCCC(N(C)C)C2)nc(-c2ccc([N+](=O)[O-])cc2)n1. The summed E-state index contributed by atoms with van der Waals surface area (Å²) in [6.07, 6.45) is 3.16. The highest BCUT2D eigenvalue weighted by Crippen LogP contribution is 2.25. The van der Waals surface area contributed by atoms with Crippen molar-refractivity contribution in [2.75, 3.05) is 32.1 Å². The Kier molecular flexibility index (Phi) is 5.46. The van der Waals surface area contributed by atoms with Crippen LogP contribution in [0, 0.1) is 10.1 Å². The number of hydrogen-bond donors (Lipinski definition) is 0. The fourth-order valence-electron chi connectivity index (χ4n) is 3.27. The van der Waals surface area contributed by atoms with Crippen molar-refractivity contribution in [3.8, 4) is 11.4 Å². The first kappa shape index (κ1) is 18.3. The molecule has 0 saturated carbocycles. The number of benzene rings is 1. The van der Waals surface area contributed by atoms with Crippen LogP contribution in [-0.2, 0) is 6.42 Å². The predicted octanol–water partition coefficient (Wildman–Crippen LogP) is 3.14. The molecule has 1 aliphatic rings. The zero-order chi connectivity index (χ0) is 18.7. The molecule has 0 radical (unpaired) electrons. The topological polar surface area (TPSA) is 75.4 Å². The Balaban J connectivity index is 1.92. The Bertz CT molecular complexity index is 776. The van der Waals surface area contributed by atoms with Gasteiger partial charge in [-0.25, -0.2) is 9.97 Å². The van der Waals surface area contributed by atoms with Gasteiger partial charge in [0, 0.05) is 48.6 Å². The van der Waals surface area contributed by atoms with E-state index >= 15 is 0 Å². The molecule has 138 valence electrons. The summed E-state index contributed by atoms with van der Waals surface area (Å²) in [7, 11) is 4.24. The van der Waals surface area contributed by atoms with E-state index in [0.717, 1.165) is 43.0 Å². The van der Waals surface area contributed by atoms with Crippen LogP contribution in [0.3, 0.4) is 0 Å². The van der Waals surface area contributed by atoms with E-state index in [1.54, 1.807) is 12.1 Å². The molecule has 1 unspecified atom stereocenters. The molecule has 1 aromatic heterocycles. The molecular weight excluding hydrogens is 330 g/mol. The van der Waals surface area contributed by atoms with E-state index in [2.05, 4.69) is 41.9 Å². The number of rotatable bonds is 5. The average molecular weight is 355 g/mol. The number of non-ortho nitro benzene ring substituents is 1. The van der Waals surface area contributed by atoms with Crippen molar-refractivity contribution in [3.63, 3.8) is 0 Å². The van der Waals surface area contributed by atoms with E-state index in [1.807, 2.05) is 0 Å². The first-order valence-corrected chi connectivity index (χ1v) is 9.02. The fraction of sp³-hybridized carbons (Fsp3) is 0.474. The normalized spacial score (nSPS) is 17.5. The number of aryl methyl sites for hydroxylation is 1.